The third kappa shape index (κ3) is 4.86. The van der Waals surface area contributed by atoms with Gasteiger partial charge in [0.2, 0.25) is 11.8 Å². The molecule has 0 unspecified atom stereocenters. The van der Waals surface area contributed by atoms with Crippen molar-refractivity contribution in [2.45, 2.75) is 26.3 Å². The summed E-state index contributed by atoms with van der Waals surface area (Å²) < 4.78 is 1.72. The molecule has 6 nitrogen and oxygen atoms in total. The molecule has 1 aromatic heterocycles. The first-order chi connectivity index (χ1) is 15.0. The van der Waals surface area contributed by atoms with Crippen molar-refractivity contribution in [3.05, 3.63) is 82.6 Å². The zero-order chi connectivity index (χ0) is 21.8. The smallest absolute Gasteiger partial charge is 0.248 e. The summed E-state index contributed by atoms with van der Waals surface area (Å²) in [5.41, 5.74) is 4.08. The fourth-order valence-corrected chi connectivity index (χ4v) is 3.90. The number of aryl methyl sites for hydroxylation is 1. The van der Waals surface area contributed by atoms with Gasteiger partial charge in [-0.15, -0.1) is 0 Å². The maximum absolute atomic E-state index is 12.4. The number of nitrogens with zero attached hydrogens (tertiary/aromatic N) is 3. The molecule has 0 spiro atoms. The standard InChI is InChI=1S/C24H23ClN4O2/c1-17-21(24(25)29(27-17)16-18-6-3-2-4-7-18)13-14-22(30)26-19-9-11-20(12-10-19)28-15-5-8-23(28)31/h2-4,6-7,9-14H,5,8,15-16H2,1H3,(H,26,30)/b14-13+. The fraction of sp³-hybridized carbons (Fsp3) is 0.208. The molecule has 7 heteroatoms. The number of rotatable bonds is 6. The average molecular weight is 435 g/mol. The Hall–Kier alpha value is -3.38. The molecule has 1 saturated heterocycles. The summed E-state index contributed by atoms with van der Waals surface area (Å²) in [7, 11) is 0. The predicted octanol–water partition coefficient (Wildman–Crippen LogP) is 4.67. The first kappa shape index (κ1) is 20.9. The topological polar surface area (TPSA) is 67.2 Å². The Labute approximate surface area is 186 Å². The molecule has 2 heterocycles. The largest absolute Gasteiger partial charge is 0.323 e. The Bertz CT molecular complexity index is 1120. The number of carbonyl (C=O) groups is 2. The second-order valence-corrected chi connectivity index (χ2v) is 7.81. The van der Waals surface area contributed by atoms with Crippen LogP contribution < -0.4 is 10.2 Å². The Morgan fingerprint density at radius 3 is 2.58 bits per heavy atom. The molecular formula is C24H23ClN4O2. The van der Waals surface area contributed by atoms with Crippen LogP contribution in [0.1, 0.15) is 29.7 Å². The summed E-state index contributed by atoms with van der Waals surface area (Å²) in [5, 5.41) is 7.81. The van der Waals surface area contributed by atoms with Crippen LogP contribution >= 0.6 is 11.6 Å². The van der Waals surface area contributed by atoms with E-state index in [1.54, 1.807) is 27.8 Å². The van der Waals surface area contributed by atoms with Crippen LogP contribution in [0.3, 0.4) is 0 Å². The number of nitrogens with one attached hydrogen (secondary N) is 1. The van der Waals surface area contributed by atoms with E-state index in [1.807, 2.05) is 49.4 Å². The minimum absolute atomic E-state index is 0.139. The lowest BCUT2D eigenvalue weighted by atomic mass is 10.2. The van der Waals surface area contributed by atoms with Crippen molar-refractivity contribution in [3.8, 4) is 0 Å². The molecule has 0 radical (unpaired) electrons. The van der Waals surface area contributed by atoms with Gasteiger partial charge in [0, 0.05) is 36.0 Å². The van der Waals surface area contributed by atoms with E-state index in [1.165, 1.54) is 6.08 Å². The van der Waals surface area contributed by atoms with Gasteiger partial charge >= 0.3 is 0 Å². The van der Waals surface area contributed by atoms with E-state index in [4.69, 9.17) is 11.6 Å². The van der Waals surface area contributed by atoms with Gasteiger partial charge in [-0.3, -0.25) is 9.59 Å². The van der Waals surface area contributed by atoms with Crippen molar-refractivity contribution in [2.24, 2.45) is 0 Å². The van der Waals surface area contributed by atoms with Crippen LogP contribution in [0.2, 0.25) is 5.15 Å². The molecule has 0 aliphatic carbocycles. The summed E-state index contributed by atoms with van der Waals surface area (Å²) in [4.78, 5) is 26.0. The van der Waals surface area contributed by atoms with Crippen LogP contribution in [0.15, 0.2) is 60.7 Å². The Balaban J connectivity index is 1.40. The van der Waals surface area contributed by atoms with E-state index >= 15 is 0 Å². The summed E-state index contributed by atoms with van der Waals surface area (Å²) in [6.45, 7) is 3.17. The van der Waals surface area contributed by atoms with Crippen LogP contribution in [-0.4, -0.2) is 28.1 Å². The molecule has 3 aromatic rings. The molecule has 158 valence electrons. The SMILES string of the molecule is Cc1nn(Cc2ccccc2)c(Cl)c1/C=C/C(=O)Nc1ccc(N2CCCC2=O)cc1. The number of anilines is 2. The third-order valence-electron chi connectivity index (χ3n) is 5.21. The Kier molecular flexibility index (Phi) is 6.18. The van der Waals surface area contributed by atoms with E-state index in [-0.39, 0.29) is 11.8 Å². The molecule has 0 atom stereocenters. The van der Waals surface area contributed by atoms with Crippen LogP contribution in [-0.2, 0) is 16.1 Å². The second kappa shape index (κ2) is 9.18. The van der Waals surface area contributed by atoms with Crippen molar-refractivity contribution < 1.29 is 9.59 Å². The highest BCUT2D eigenvalue weighted by Gasteiger charge is 2.21. The lowest BCUT2D eigenvalue weighted by molar-refractivity contribution is -0.117. The Morgan fingerprint density at radius 2 is 1.90 bits per heavy atom. The molecule has 1 aliphatic heterocycles. The first-order valence-electron chi connectivity index (χ1n) is 10.2. The molecule has 1 N–H and O–H groups in total. The number of amides is 2. The Morgan fingerprint density at radius 1 is 1.16 bits per heavy atom. The van der Waals surface area contributed by atoms with Gasteiger partial charge in [-0.25, -0.2) is 4.68 Å². The van der Waals surface area contributed by atoms with Crippen molar-refractivity contribution in [2.75, 3.05) is 16.8 Å². The predicted molar refractivity (Wildman–Crippen MR) is 123 cm³/mol. The summed E-state index contributed by atoms with van der Waals surface area (Å²) in [5.74, 6) is -0.129. The normalized spacial score (nSPS) is 13.9. The molecule has 2 amide bonds. The van der Waals surface area contributed by atoms with Crippen molar-refractivity contribution in [1.82, 2.24) is 9.78 Å². The molecule has 2 aromatic carbocycles. The van der Waals surface area contributed by atoms with Gasteiger partial charge in [-0.2, -0.15) is 5.10 Å². The van der Waals surface area contributed by atoms with Crippen LogP contribution in [0.5, 0.6) is 0 Å². The summed E-state index contributed by atoms with van der Waals surface area (Å²) >= 11 is 6.50. The fourth-order valence-electron chi connectivity index (χ4n) is 3.61. The van der Waals surface area contributed by atoms with Gasteiger partial charge in [0.25, 0.3) is 0 Å². The van der Waals surface area contributed by atoms with Gasteiger partial charge in [0.1, 0.15) is 5.15 Å². The number of halogens is 1. The number of carbonyl (C=O) groups excluding carboxylic acids is 2. The van der Waals surface area contributed by atoms with Gasteiger partial charge in [-0.05, 0) is 49.2 Å². The van der Waals surface area contributed by atoms with Gasteiger partial charge in [0.05, 0.1) is 12.2 Å². The highest BCUT2D eigenvalue weighted by molar-refractivity contribution is 6.31. The molecule has 0 saturated carbocycles. The van der Waals surface area contributed by atoms with E-state index in [9.17, 15) is 9.59 Å². The number of hydrogen-bond donors (Lipinski definition) is 1. The highest BCUT2D eigenvalue weighted by atomic mass is 35.5. The van der Waals surface area contributed by atoms with E-state index < -0.39 is 0 Å². The average Bonchev–Trinajstić information content (AvgIpc) is 3.31. The third-order valence-corrected chi connectivity index (χ3v) is 5.60. The number of benzene rings is 2. The zero-order valence-electron chi connectivity index (χ0n) is 17.2. The van der Waals surface area contributed by atoms with Crippen molar-refractivity contribution in [1.29, 1.82) is 0 Å². The molecule has 1 fully saturated rings. The maximum Gasteiger partial charge on any atom is 0.248 e. The molecule has 4 rings (SSSR count). The van der Waals surface area contributed by atoms with Gasteiger partial charge in [-0.1, -0.05) is 41.9 Å². The van der Waals surface area contributed by atoms with Gasteiger partial charge < -0.3 is 10.2 Å². The number of hydrogen-bond acceptors (Lipinski definition) is 3. The number of aromatic nitrogens is 2. The van der Waals surface area contributed by atoms with Crippen molar-refractivity contribution in [3.63, 3.8) is 0 Å². The molecule has 1 aliphatic rings. The minimum Gasteiger partial charge on any atom is -0.323 e. The summed E-state index contributed by atoms with van der Waals surface area (Å²) in [6, 6.07) is 17.2. The van der Waals surface area contributed by atoms with Crippen LogP contribution in [0.25, 0.3) is 6.08 Å². The van der Waals surface area contributed by atoms with Crippen LogP contribution in [0.4, 0.5) is 11.4 Å². The van der Waals surface area contributed by atoms with E-state index in [0.29, 0.717) is 23.8 Å². The highest BCUT2D eigenvalue weighted by Crippen LogP contribution is 2.24. The molecular weight excluding hydrogens is 412 g/mol. The first-order valence-corrected chi connectivity index (χ1v) is 10.6. The van der Waals surface area contributed by atoms with Gasteiger partial charge in [0.15, 0.2) is 0 Å². The lowest BCUT2D eigenvalue weighted by Gasteiger charge is -2.15. The quantitative estimate of drug-likeness (QED) is 0.573. The van der Waals surface area contributed by atoms with E-state index in [0.717, 1.165) is 35.5 Å². The monoisotopic (exact) mass is 434 g/mol. The molecule has 0 bridgehead atoms. The van der Waals surface area contributed by atoms with Crippen LogP contribution in [0, 0.1) is 6.92 Å². The summed E-state index contributed by atoms with van der Waals surface area (Å²) in [6.07, 6.45) is 4.60. The minimum atomic E-state index is -0.267. The second-order valence-electron chi connectivity index (χ2n) is 7.45. The zero-order valence-corrected chi connectivity index (χ0v) is 18.0. The lowest BCUT2D eigenvalue weighted by Crippen LogP contribution is -2.23. The maximum atomic E-state index is 12.4. The molecule has 31 heavy (non-hydrogen) atoms. The van der Waals surface area contributed by atoms with E-state index in [2.05, 4.69) is 10.4 Å². The van der Waals surface area contributed by atoms with Crippen molar-refractivity contribution >= 4 is 40.9 Å².